The maximum Gasteiger partial charge on any atom is 0.213 e. The molecule has 2 aliphatic rings. The number of benzene rings is 1. The molecule has 0 spiro atoms. The van der Waals surface area contributed by atoms with Crippen molar-refractivity contribution in [1.82, 2.24) is 4.90 Å². The number of thioether (sulfide) groups is 1. The highest BCUT2D eigenvalue weighted by Gasteiger charge is 2.65. The van der Waals surface area contributed by atoms with Crippen LogP contribution in [0, 0.1) is 0 Å². The highest BCUT2D eigenvalue weighted by molar-refractivity contribution is 8.14. The molecule has 19 heavy (non-hydrogen) atoms. The lowest BCUT2D eigenvalue weighted by Crippen LogP contribution is -2.51. The maximum atomic E-state index is 12.4. The molecule has 0 N–H and O–H groups in total. The molecule has 2 aliphatic heterocycles. The lowest BCUT2D eigenvalue weighted by Gasteiger charge is -2.37. The lowest BCUT2D eigenvalue weighted by atomic mass is 10.00. The maximum absolute atomic E-state index is 12.4. The fourth-order valence-corrected chi connectivity index (χ4v) is 4.65. The molecule has 2 heterocycles. The molecule has 0 radical (unpaired) electrons. The Labute approximate surface area is 118 Å². The molecule has 0 aromatic heterocycles. The first-order valence-electron chi connectivity index (χ1n) is 6.66. The highest BCUT2D eigenvalue weighted by Crippen LogP contribution is 2.58. The van der Waals surface area contributed by atoms with Gasteiger partial charge in [-0.15, -0.1) is 0 Å². The highest BCUT2D eigenvalue weighted by atomic mass is 32.2. The smallest absolute Gasteiger partial charge is 0.213 e. The Morgan fingerprint density at radius 3 is 2.47 bits per heavy atom. The van der Waals surface area contributed by atoms with Crippen molar-refractivity contribution in [2.24, 2.45) is 0 Å². The van der Waals surface area contributed by atoms with Crippen molar-refractivity contribution in [2.75, 3.05) is 0 Å². The van der Waals surface area contributed by atoms with E-state index in [2.05, 4.69) is 18.7 Å². The van der Waals surface area contributed by atoms with Crippen LogP contribution >= 0.6 is 11.8 Å². The topological polar surface area (TPSA) is 29.5 Å². The lowest BCUT2D eigenvalue weighted by molar-refractivity contribution is -0.122. The SMILES string of the molecule is C[C@@H]1O[C@@]2(c3ccccc3)SC(=O)C(C)(C)N2[C@@H]1C. The normalized spacial score (nSPS) is 37.6. The molecule has 0 unspecified atom stereocenters. The van der Waals surface area contributed by atoms with Gasteiger partial charge in [0.15, 0.2) is 0 Å². The Hall–Kier alpha value is -0.840. The van der Waals surface area contributed by atoms with Crippen molar-refractivity contribution >= 4 is 16.9 Å². The van der Waals surface area contributed by atoms with Gasteiger partial charge in [0.1, 0.15) is 0 Å². The number of carbonyl (C=O) groups is 1. The van der Waals surface area contributed by atoms with Crippen LogP contribution in [-0.2, 0) is 14.6 Å². The van der Waals surface area contributed by atoms with E-state index in [9.17, 15) is 4.79 Å². The van der Waals surface area contributed by atoms with Gasteiger partial charge in [0.2, 0.25) is 10.2 Å². The van der Waals surface area contributed by atoms with Crippen LogP contribution in [0.2, 0.25) is 0 Å². The first-order valence-corrected chi connectivity index (χ1v) is 7.47. The van der Waals surface area contributed by atoms with Crippen molar-refractivity contribution in [1.29, 1.82) is 0 Å². The van der Waals surface area contributed by atoms with E-state index in [0.717, 1.165) is 5.56 Å². The van der Waals surface area contributed by atoms with Crippen LogP contribution in [0.15, 0.2) is 30.3 Å². The van der Waals surface area contributed by atoms with Crippen molar-refractivity contribution in [3.8, 4) is 0 Å². The largest absolute Gasteiger partial charge is 0.342 e. The summed E-state index contributed by atoms with van der Waals surface area (Å²) in [5.41, 5.74) is 0.556. The van der Waals surface area contributed by atoms with Gasteiger partial charge >= 0.3 is 0 Å². The van der Waals surface area contributed by atoms with E-state index in [1.807, 2.05) is 44.2 Å². The number of hydrogen-bond donors (Lipinski definition) is 0. The van der Waals surface area contributed by atoms with Crippen LogP contribution in [0.5, 0.6) is 0 Å². The minimum absolute atomic E-state index is 0.111. The van der Waals surface area contributed by atoms with Crippen LogP contribution < -0.4 is 0 Å². The number of rotatable bonds is 1. The summed E-state index contributed by atoms with van der Waals surface area (Å²) in [5, 5.41) is -0.476. The average Bonchev–Trinajstić information content (AvgIpc) is 2.74. The van der Waals surface area contributed by atoms with Crippen molar-refractivity contribution in [3.63, 3.8) is 0 Å². The number of fused-ring (bicyclic) bond motifs is 1. The average molecular weight is 277 g/mol. The molecule has 0 amide bonds. The fraction of sp³-hybridized carbons (Fsp3) is 0.533. The summed E-state index contributed by atoms with van der Waals surface area (Å²) in [4.78, 5) is 14.6. The molecule has 0 saturated carbocycles. The quantitative estimate of drug-likeness (QED) is 0.789. The Kier molecular flexibility index (Phi) is 2.82. The van der Waals surface area contributed by atoms with E-state index in [1.54, 1.807) is 0 Å². The third-order valence-corrected chi connectivity index (χ3v) is 5.71. The van der Waals surface area contributed by atoms with Gasteiger partial charge in [0.25, 0.3) is 0 Å². The van der Waals surface area contributed by atoms with Crippen LogP contribution in [0.4, 0.5) is 0 Å². The van der Waals surface area contributed by atoms with E-state index in [0.29, 0.717) is 0 Å². The minimum Gasteiger partial charge on any atom is -0.342 e. The summed E-state index contributed by atoms with van der Waals surface area (Å²) < 4.78 is 6.25. The van der Waals surface area contributed by atoms with E-state index in [4.69, 9.17) is 4.74 Å². The van der Waals surface area contributed by atoms with E-state index in [-0.39, 0.29) is 17.3 Å². The number of nitrogens with zero attached hydrogens (tertiary/aromatic N) is 1. The van der Waals surface area contributed by atoms with Gasteiger partial charge in [-0.2, -0.15) is 0 Å². The molecule has 3 atom stereocenters. The zero-order valence-electron chi connectivity index (χ0n) is 11.7. The summed E-state index contributed by atoms with van der Waals surface area (Å²) >= 11 is 1.32. The summed E-state index contributed by atoms with van der Waals surface area (Å²) in [5.74, 6) is 0. The van der Waals surface area contributed by atoms with Gasteiger partial charge in [-0.05, 0) is 39.5 Å². The van der Waals surface area contributed by atoms with Gasteiger partial charge in [0.05, 0.1) is 11.6 Å². The van der Waals surface area contributed by atoms with Gasteiger partial charge in [0, 0.05) is 11.6 Å². The van der Waals surface area contributed by atoms with Crippen LogP contribution in [0.25, 0.3) is 0 Å². The summed E-state index contributed by atoms with van der Waals surface area (Å²) in [6.45, 7) is 8.20. The first kappa shape index (κ1) is 13.2. The third-order valence-electron chi connectivity index (χ3n) is 4.22. The fourth-order valence-electron chi connectivity index (χ4n) is 3.10. The van der Waals surface area contributed by atoms with Gasteiger partial charge < -0.3 is 4.74 Å². The van der Waals surface area contributed by atoms with Crippen LogP contribution in [0.3, 0.4) is 0 Å². The third kappa shape index (κ3) is 1.63. The summed E-state index contributed by atoms with van der Waals surface area (Å²) in [6.07, 6.45) is 0.111. The predicted molar refractivity (Wildman–Crippen MR) is 76.6 cm³/mol. The molecule has 4 heteroatoms. The van der Waals surface area contributed by atoms with E-state index < -0.39 is 10.6 Å². The summed E-state index contributed by atoms with van der Waals surface area (Å²) in [6, 6.07) is 10.3. The molecule has 1 aromatic carbocycles. The van der Waals surface area contributed by atoms with Crippen molar-refractivity contribution in [2.45, 2.75) is 50.4 Å². The molecule has 2 saturated heterocycles. The number of carbonyl (C=O) groups excluding carboxylic acids is 1. The molecule has 3 rings (SSSR count). The van der Waals surface area contributed by atoms with Gasteiger partial charge in [-0.25, -0.2) is 4.90 Å². The number of hydrogen-bond acceptors (Lipinski definition) is 4. The molecule has 3 nitrogen and oxygen atoms in total. The standard InChI is InChI=1S/C15H19NO2S/c1-10-11(2)18-15(12-8-6-5-7-9-12)16(10)14(3,4)13(17)19-15/h5-11H,1-4H3/t10-,11+,15+/m1/s1. The Bertz CT molecular complexity index is 516. The second kappa shape index (κ2) is 4.08. The van der Waals surface area contributed by atoms with E-state index in [1.165, 1.54) is 11.8 Å². The molecular formula is C15H19NO2S. The monoisotopic (exact) mass is 277 g/mol. The Morgan fingerprint density at radius 1 is 1.21 bits per heavy atom. The van der Waals surface area contributed by atoms with E-state index >= 15 is 0 Å². The van der Waals surface area contributed by atoms with Crippen LogP contribution in [-0.4, -0.2) is 27.7 Å². The minimum atomic E-state index is -0.652. The molecule has 102 valence electrons. The molecule has 1 aromatic rings. The predicted octanol–water partition coefficient (Wildman–Crippen LogP) is 2.96. The number of ether oxygens (including phenoxy) is 1. The van der Waals surface area contributed by atoms with Crippen LogP contribution in [0.1, 0.15) is 33.3 Å². The summed E-state index contributed by atoms with van der Waals surface area (Å²) in [7, 11) is 0. The second-order valence-corrected chi connectivity index (χ2v) is 6.96. The second-order valence-electron chi connectivity index (χ2n) is 5.83. The zero-order valence-corrected chi connectivity index (χ0v) is 12.5. The van der Waals surface area contributed by atoms with Gasteiger partial charge in [-0.1, -0.05) is 30.3 Å². The molecule has 2 fully saturated rings. The van der Waals surface area contributed by atoms with Gasteiger partial charge in [-0.3, -0.25) is 4.79 Å². The molecule has 0 bridgehead atoms. The zero-order chi connectivity index (χ0) is 13.8. The Balaban J connectivity index is 2.16. The molecule has 0 aliphatic carbocycles. The molecular weight excluding hydrogens is 258 g/mol. The van der Waals surface area contributed by atoms with Crippen molar-refractivity contribution in [3.05, 3.63) is 35.9 Å². The van der Waals surface area contributed by atoms with Crippen molar-refractivity contribution < 1.29 is 9.53 Å². The Morgan fingerprint density at radius 2 is 1.84 bits per heavy atom. The first-order chi connectivity index (χ1) is 8.89.